The van der Waals surface area contributed by atoms with Crippen molar-refractivity contribution in [2.24, 2.45) is 0 Å². The zero-order valence-electron chi connectivity index (χ0n) is 8.91. The number of halogens is 3. The fourth-order valence-electron chi connectivity index (χ4n) is 1.50. The van der Waals surface area contributed by atoms with Crippen LogP contribution in [0.2, 0.25) is 5.02 Å². The number of aromatic amines is 1. The summed E-state index contributed by atoms with van der Waals surface area (Å²) in [4.78, 5) is 24.7. The predicted molar refractivity (Wildman–Crippen MR) is 69.5 cm³/mol. The van der Waals surface area contributed by atoms with E-state index in [9.17, 15) is 14.0 Å². The van der Waals surface area contributed by atoms with E-state index in [4.69, 9.17) is 11.6 Å². The molecular formula is C11H7BrClFN2O2. The van der Waals surface area contributed by atoms with E-state index in [1.807, 2.05) is 0 Å². The Morgan fingerprint density at radius 3 is 2.72 bits per heavy atom. The summed E-state index contributed by atoms with van der Waals surface area (Å²) in [5.41, 5.74) is -0.657. The van der Waals surface area contributed by atoms with Gasteiger partial charge in [-0.2, -0.15) is 0 Å². The molecule has 0 aliphatic heterocycles. The molecule has 0 amide bonds. The Hall–Kier alpha value is -1.40. The summed E-state index contributed by atoms with van der Waals surface area (Å²) >= 11 is 8.79. The van der Waals surface area contributed by atoms with Crippen LogP contribution in [0.25, 0.3) is 0 Å². The van der Waals surface area contributed by atoms with Gasteiger partial charge in [0.25, 0.3) is 5.56 Å². The second-order valence-electron chi connectivity index (χ2n) is 3.64. The molecule has 0 spiro atoms. The van der Waals surface area contributed by atoms with Crippen LogP contribution in [0.1, 0.15) is 5.56 Å². The minimum Gasteiger partial charge on any atom is -0.295 e. The number of hydrogen-bond donors (Lipinski definition) is 1. The molecule has 2 aromatic rings. The molecule has 2 rings (SSSR count). The lowest BCUT2D eigenvalue weighted by atomic mass is 10.2. The van der Waals surface area contributed by atoms with E-state index in [0.29, 0.717) is 10.0 Å². The van der Waals surface area contributed by atoms with Gasteiger partial charge in [-0.3, -0.25) is 14.3 Å². The van der Waals surface area contributed by atoms with Crippen molar-refractivity contribution in [3.05, 3.63) is 66.1 Å². The average Bonchev–Trinajstić information content (AvgIpc) is 2.24. The van der Waals surface area contributed by atoms with Crippen molar-refractivity contribution < 1.29 is 4.39 Å². The highest BCUT2D eigenvalue weighted by Gasteiger charge is 2.05. The first-order valence-corrected chi connectivity index (χ1v) is 6.07. The summed E-state index contributed by atoms with van der Waals surface area (Å²) in [5.74, 6) is -0.414. The Labute approximate surface area is 114 Å². The molecular weight excluding hydrogens is 326 g/mol. The van der Waals surface area contributed by atoms with Gasteiger partial charge in [0, 0.05) is 10.7 Å². The summed E-state index contributed by atoms with van der Waals surface area (Å²) < 4.78 is 14.9. The van der Waals surface area contributed by atoms with Crippen molar-refractivity contribution >= 4 is 27.5 Å². The molecule has 0 fully saturated rings. The maximum atomic E-state index is 13.2. The van der Waals surface area contributed by atoms with Crippen LogP contribution in [0.4, 0.5) is 4.39 Å². The van der Waals surface area contributed by atoms with Crippen LogP contribution in [0.15, 0.2) is 38.5 Å². The van der Waals surface area contributed by atoms with Crippen LogP contribution in [0, 0.1) is 5.82 Å². The molecule has 7 heteroatoms. The number of nitrogens with zero attached hydrogens (tertiary/aromatic N) is 1. The van der Waals surface area contributed by atoms with Gasteiger partial charge in [-0.15, -0.1) is 0 Å². The zero-order chi connectivity index (χ0) is 13.3. The van der Waals surface area contributed by atoms with E-state index in [0.717, 1.165) is 0 Å². The molecule has 0 aliphatic carbocycles. The molecule has 0 radical (unpaired) electrons. The number of benzene rings is 1. The van der Waals surface area contributed by atoms with Crippen molar-refractivity contribution in [3.63, 3.8) is 0 Å². The molecule has 0 bridgehead atoms. The summed E-state index contributed by atoms with van der Waals surface area (Å²) in [6.07, 6.45) is 1.22. The van der Waals surface area contributed by atoms with Gasteiger partial charge in [0.2, 0.25) is 0 Å². The van der Waals surface area contributed by atoms with E-state index in [-0.39, 0.29) is 11.6 Å². The van der Waals surface area contributed by atoms with Crippen molar-refractivity contribution in [2.75, 3.05) is 0 Å². The quantitative estimate of drug-likeness (QED) is 0.915. The van der Waals surface area contributed by atoms with E-state index >= 15 is 0 Å². The normalized spacial score (nSPS) is 10.6. The average molecular weight is 334 g/mol. The molecule has 1 aromatic heterocycles. The fraction of sp³-hybridized carbons (Fsp3) is 0.0909. The van der Waals surface area contributed by atoms with Crippen LogP contribution >= 0.6 is 27.5 Å². The minimum absolute atomic E-state index is 0.0925. The SMILES string of the molecule is O=c1[nH]c(=O)n(Cc2cc(F)cc(Br)c2)cc1Cl. The highest BCUT2D eigenvalue weighted by molar-refractivity contribution is 9.10. The third kappa shape index (κ3) is 2.88. The first-order chi connectivity index (χ1) is 8.45. The molecule has 18 heavy (non-hydrogen) atoms. The van der Waals surface area contributed by atoms with Crippen LogP contribution in [0.5, 0.6) is 0 Å². The molecule has 4 nitrogen and oxygen atoms in total. The standard InChI is InChI=1S/C11H7BrClFN2O2/c12-7-1-6(2-8(14)3-7)4-16-5-9(13)10(17)15-11(16)18/h1-3,5H,4H2,(H,15,17,18). The lowest BCUT2D eigenvalue weighted by Gasteiger charge is -2.06. The van der Waals surface area contributed by atoms with Gasteiger partial charge in [-0.05, 0) is 23.8 Å². The van der Waals surface area contributed by atoms with Gasteiger partial charge < -0.3 is 0 Å². The molecule has 0 aliphatic rings. The Balaban J connectivity index is 2.43. The summed E-state index contributed by atoms with van der Waals surface area (Å²) in [6, 6.07) is 4.29. The second-order valence-corrected chi connectivity index (χ2v) is 4.96. The molecule has 94 valence electrons. The van der Waals surface area contributed by atoms with Gasteiger partial charge in [-0.1, -0.05) is 27.5 Å². The van der Waals surface area contributed by atoms with E-state index in [1.165, 1.54) is 22.9 Å². The zero-order valence-corrected chi connectivity index (χ0v) is 11.3. The lowest BCUT2D eigenvalue weighted by molar-refractivity contribution is 0.620. The first-order valence-electron chi connectivity index (χ1n) is 4.90. The number of H-pyrrole nitrogens is 1. The van der Waals surface area contributed by atoms with Crippen LogP contribution in [-0.2, 0) is 6.54 Å². The summed E-state index contributed by atoms with van der Waals surface area (Å²) in [5, 5.41) is -0.0925. The van der Waals surface area contributed by atoms with E-state index in [1.54, 1.807) is 6.07 Å². The van der Waals surface area contributed by atoms with Crippen LogP contribution < -0.4 is 11.2 Å². The van der Waals surface area contributed by atoms with Crippen LogP contribution in [0.3, 0.4) is 0 Å². The van der Waals surface area contributed by atoms with Gasteiger partial charge in [0.1, 0.15) is 10.8 Å². The number of rotatable bonds is 2. The summed E-state index contributed by atoms with van der Waals surface area (Å²) in [6.45, 7) is 0.117. The molecule has 0 saturated heterocycles. The van der Waals surface area contributed by atoms with Crippen molar-refractivity contribution in [2.45, 2.75) is 6.54 Å². The van der Waals surface area contributed by atoms with Gasteiger partial charge >= 0.3 is 5.69 Å². The molecule has 0 atom stereocenters. The smallest absolute Gasteiger partial charge is 0.295 e. The molecule has 1 heterocycles. The number of nitrogens with one attached hydrogen (secondary N) is 1. The minimum atomic E-state index is -0.640. The van der Waals surface area contributed by atoms with Crippen molar-refractivity contribution in [1.82, 2.24) is 9.55 Å². The molecule has 0 saturated carbocycles. The van der Waals surface area contributed by atoms with E-state index in [2.05, 4.69) is 20.9 Å². The Bertz CT molecular complexity index is 691. The second kappa shape index (κ2) is 5.07. The maximum absolute atomic E-state index is 13.2. The number of aromatic nitrogens is 2. The van der Waals surface area contributed by atoms with Gasteiger partial charge in [0.05, 0.1) is 6.54 Å². The Kier molecular flexibility index (Phi) is 3.68. The first kappa shape index (κ1) is 13.0. The van der Waals surface area contributed by atoms with E-state index < -0.39 is 17.1 Å². The largest absolute Gasteiger partial charge is 0.328 e. The van der Waals surface area contributed by atoms with Gasteiger partial charge in [0.15, 0.2) is 0 Å². The van der Waals surface area contributed by atoms with Crippen LogP contribution in [-0.4, -0.2) is 9.55 Å². The van der Waals surface area contributed by atoms with Gasteiger partial charge in [-0.25, -0.2) is 9.18 Å². The highest BCUT2D eigenvalue weighted by atomic mass is 79.9. The summed E-state index contributed by atoms with van der Waals surface area (Å²) in [7, 11) is 0. The molecule has 1 N–H and O–H groups in total. The lowest BCUT2D eigenvalue weighted by Crippen LogP contribution is -2.29. The fourth-order valence-corrected chi connectivity index (χ4v) is 2.18. The maximum Gasteiger partial charge on any atom is 0.328 e. The third-order valence-corrected chi connectivity index (χ3v) is 2.97. The monoisotopic (exact) mass is 332 g/mol. The molecule has 1 aromatic carbocycles. The number of hydrogen-bond acceptors (Lipinski definition) is 2. The Morgan fingerprint density at radius 2 is 2.06 bits per heavy atom. The van der Waals surface area contributed by atoms with Crippen molar-refractivity contribution in [3.8, 4) is 0 Å². The predicted octanol–water partition coefficient (Wildman–Crippen LogP) is 2.14. The highest BCUT2D eigenvalue weighted by Crippen LogP contribution is 2.15. The van der Waals surface area contributed by atoms with Crippen molar-refractivity contribution in [1.29, 1.82) is 0 Å². The third-order valence-electron chi connectivity index (χ3n) is 2.24. The Morgan fingerprint density at radius 1 is 1.33 bits per heavy atom. The topological polar surface area (TPSA) is 54.9 Å². The molecule has 0 unspecified atom stereocenters.